The normalized spacial score (nSPS) is 14.7. The average molecular weight is 460 g/mol. The zero-order valence-corrected chi connectivity index (χ0v) is 19.5. The minimum atomic E-state index is -0.169. The van der Waals surface area contributed by atoms with Crippen molar-refractivity contribution in [3.05, 3.63) is 87.3 Å². The maximum absolute atomic E-state index is 12.9. The molecule has 1 saturated heterocycles. The first-order chi connectivity index (χ1) is 16.0. The Morgan fingerprint density at radius 1 is 1.00 bits per heavy atom. The maximum Gasteiger partial charge on any atom is 0.275 e. The van der Waals surface area contributed by atoms with Crippen molar-refractivity contribution in [3.8, 4) is 10.6 Å². The second kappa shape index (κ2) is 8.88. The van der Waals surface area contributed by atoms with E-state index in [0.29, 0.717) is 24.6 Å². The van der Waals surface area contributed by atoms with Crippen molar-refractivity contribution in [1.82, 2.24) is 24.4 Å². The molecule has 2 aromatic carbocycles. The molecular formula is C25H25N5O2S. The SMILES string of the molecule is Cc1ccc(-c2nn3c(=O)cc(CN4CCN(C(=O)c5ccccc5C)CC4)nc3s2)cc1. The molecule has 8 heteroatoms. The van der Waals surface area contributed by atoms with Crippen LogP contribution in [0.3, 0.4) is 0 Å². The first-order valence-electron chi connectivity index (χ1n) is 11.0. The number of aromatic nitrogens is 3. The molecule has 1 amide bonds. The number of carbonyl (C=O) groups excluding carboxylic acids is 1. The van der Waals surface area contributed by atoms with Crippen molar-refractivity contribution in [3.63, 3.8) is 0 Å². The van der Waals surface area contributed by atoms with E-state index in [1.807, 2.05) is 67.3 Å². The van der Waals surface area contributed by atoms with Crippen LogP contribution in [-0.4, -0.2) is 56.5 Å². The summed E-state index contributed by atoms with van der Waals surface area (Å²) in [7, 11) is 0. The number of piperazine rings is 1. The Hall–Kier alpha value is -3.36. The molecule has 1 aliphatic rings. The molecule has 4 aromatic rings. The van der Waals surface area contributed by atoms with Gasteiger partial charge in [-0.25, -0.2) is 4.98 Å². The van der Waals surface area contributed by atoms with Crippen LogP contribution in [0, 0.1) is 13.8 Å². The summed E-state index contributed by atoms with van der Waals surface area (Å²) in [6.07, 6.45) is 0. The summed E-state index contributed by atoms with van der Waals surface area (Å²) >= 11 is 1.42. The molecule has 0 unspecified atom stereocenters. The van der Waals surface area contributed by atoms with Crippen molar-refractivity contribution >= 4 is 22.2 Å². The minimum Gasteiger partial charge on any atom is -0.336 e. The van der Waals surface area contributed by atoms with E-state index in [0.717, 1.165) is 40.5 Å². The van der Waals surface area contributed by atoms with Crippen molar-refractivity contribution in [2.24, 2.45) is 0 Å². The van der Waals surface area contributed by atoms with E-state index in [1.165, 1.54) is 21.4 Å². The highest BCUT2D eigenvalue weighted by Crippen LogP contribution is 2.24. The zero-order valence-electron chi connectivity index (χ0n) is 18.7. The third-order valence-corrected chi connectivity index (χ3v) is 6.97. The molecule has 0 radical (unpaired) electrons. The number of amides is 1. The Morgan fingerprint density at radius 3 is 2.45 bits per heavy atom. The first-order valence-corrected chi connectivity index (χ1v) is 11.8. The van der Waals surface area contributed by atoms with Gasteiger partial charge in [-0.15, -0.1) is 0 Å². The van der Waals surface area contributed by atoms with Gasteiger partial charge in [0, 0.05) is 49.9 Å². The van der Waals surface area contributed by atoms with Crippen molar-refractivity contribution in [2.75, 3.05) is 26.2 Å². The van der Waals surface area contributed by atoms with Crippen LogP contribution < -0.4 is 5.56 Å². The van der Waals surface area contributed by atoms with Crippen molar-refractivity contribution in [1.29, 1.82) is 0 Å². The molecule has 1 aliphatic heterocycles. The van der Waals surface area contributed by atoms with E-state index in [4.69, 9.17) is 4.98 Å². The number of hydrogen-bond donors (Lipinski definition) is 0. The van der Waals surface area contributed by atoms with Crippen LogP contribution in [0.2, 0.25) is 0 Å². The van der Waals surface area contributed by atoms with Gasteiger partial charge in [-0.05, 0) is 25.5 Å². The highest BCUT2D eigenvalue weighted by molar-refractivity contribution is 7.19. The van der Waals surface area contributed by atoms with Crippen molar-refractivity contribution in [2.45, 2.75) is 20.4 Å². The van der Waals surface area contributed by atoms with Crippen molar-refractivity contribution < 1.29 is 4.79 Å². The maximum atomic E-state index is 12.9. The molecule has 1 fully saturated rings. The van der Waals surface area contributed by atoms with E-state index in [1.54, 1.807) is 6.07 Å². The number of carbonyl (C=O) groups is 1. The van der Waals surface area contributed by atoms with Crippen LogP contribution in [0.4, 0.5) is 0 Å². The molecule has 0 atom stereocenters. The summed E-state index contributed by atoms with van der Waals surface area (Å²) in [5.74, 6) is 0.0823. The fourth-order valence-electron chi connectivity index (χ4n) is 4.07. The number of rotatable bonds is 4. The fourth-order valence-corrected chi connectivity index (χ4v) is 5.00. The molecule has 0 N–H and O–H groups in total. The van der Waals surface area contributed by atoms with Gasteiger partial charge in [-0.3, -0.25) is 14.5 Å². The zero-order chi connectivity index (χ0) is 22.9. The molecule has 2 aromatic heterocycles. The van der Waals surface area contributed by atoms with Crippen LogP contribution in [0.5, 0.6) is 0 Å². The highest BCUT2D eigenvalue weighted by Gasteiger charge is 2.23. The lowest BCUT2D eigenvalue weighted by atomic mass is 10.1. The predicted octanol–water partition coefficient (Wildman–Crippen LogP) is 3.39. The molecule has 0 aliphatic carbocycles. The summed E-state index contributed by atoms with van der Waals surface area (Å²) in [5.41, 5.74) is 4.48. The molecule has 0 spiro atoms. The summed E-state index contributed by atoms with van der Waals surface area (Å²) in [5, 5.41) is 5.25. The molecule has 0 bridgehead atoms. The lowest BCUT2D eigenvalue weighted by Crippen LogP contribution is -2.48. The number of fused-ring (bicyclic) bond motifs is 1. The number of aryl methyl sites for hydroxylation is 2. The molecule has 0 saturated carbocycles. The van der Waals surface area contributed by atoms with Gasteiger partial charge >= 0.3 is 0 Å². The van der Waals surface area contributed by atoms with Gasteiger partial charge in [0.2, 0.25) is 4.96 Å². The van der Waals surface area contributed by atoms with Gasteiger partial charge in [0.05, 0.1) is 5.69 Å². The minimum absolute atomic E-state index is 0.0823. The third-order valence-electron chi connectivity index (χ3n) is 6.02. The second-order valence-corrected chi connectivity index (χ2v) is 9.39. The molecular weight excluding hydrogens is 434 g/mol. The molecule has 3 heterocycles. The fraction of sp³-hybridized carbons (Fsp3) is 0.280. The Labute approximate surface area is 195 Å². The molecule has 5 rings (SSSR count). The number of hydrogen-bond acceptors (Lipinski definition) is 6. The quantitative estimate of drug-likeness (QED) is 0.468. The van der Waals surface area contributed by atoms with E-state index < -0.39 is 0 Å². The van der Waals surface area contributed by atoms with Crippen LogP contribution in [0.1, 0.15) is 27.2 Å². The Balaban J connectivity index is 1.28. The Bertz CT molecular complexity index is 1370. The lowest BCUT2D eigenvalue weighted by molar-refractivity contribution is 0.0626. The molecule has 7 nitrogen and oxygen atoms in total. The molecule has 33 heavy (non-hydrogen) atoms. The monoisotopic (exact) mass is 459 g/mol. The number of nitrogens with zero attached hydrogens (tertiary/aromatic N) is 5. The highest BCUT2D eigenvalue weighted by atomic mass is 32.1. The van der Waals surface area contributed by atoms with E-state index in [-0.39, 0.29) is 11.5 Å². The topological polar surface area (TPSA) is 70.8 Å². The smallest absolute Gasteiger partial charge is 0.275 e. The summed E-state index contributed by atoms with van der Waals surface area (Å²) in [6.45, 7) is 7.40. The summed E-state index contributed by atoms with van der Waals surface area (Å²) < 4.78 is 1.38. The lowest BCUT2D eigenvalue weighted by Gasteiger charge is -2.34. The Kier molecular flexibility index (Phi) is 5.78. The Morgan fingerprint density at radius 2 is 1.73 bits per heavy atom. The standard InChI is InChI=1S/C25H25N5O2S/c1-17-7-9-19(10-8-17)23-27-30-22(31)15-20(26-25(30)33-23)16-28-11-13-29(14-12-28)24(32)21-6-4-3-5-18(21)2/h3-10,15H,11-14,16H2,1-2H3. The first kappa shape index (κ1) is 21.5. The van der Waals surface area contributed by atoms with E-state index >= 15 is 0 Å². The van der Waals surface area contributed by atoms with Crippen LogP contribution in [0.15, 0.2) is 59.4 Å². The van der Waals surface area contributed by atoms with E-state index in [9.17, 15) is 9.59 Å². The summed E-state index contributed by atoms with van der Waals surface area (Å²) in [4.78, 5) is 35.0. The van der Waals surface area contributed by atoms with Gasteiger partial charge in [-0.2, -0.15) is 9.61 Å². The van der Waals surface area contributed by atoms with Gasteiger partial charge in [0.1, 0.15) is 5.01 Å². The predicted molar refractivity (Wildman–Crippen MR) is 130 cm³/mol. The van der Waals surface area contributed by atoms with Gasteiger partial charge < -0.3 is 4.90 Å². The van der Waals surface area contributed by atoms with E-state index in [2.05, 4.69) is 10.00 Å². The van der Waals surface area contributed by atoms with Gasteiger partial charge in [0.15, 0.2) is 0 Å². The second-order valence-electron chi connectivity index (χ2n) is 8.44. The van der Waals surface area contributed by atoms with Crippen LogP contribution in [0.25, 0.3) is 15.5 Å². The third kappa shape index (κ3) is 4.44. The molecule has 168 valence electrons. The average Bonchev–Trinajstić information content (AvgIpc) is 3.25. The van der Waals surface area contributed by atoms with Gasteiger partial charge in [0.25, 0.3) is 11.5 Å². The largest absolute Gasteiger partial charge is 0.336 e. The summed E-state index contributed by atoms with van der Waals surface area (Å²) in [6, 6.07) is 17.4. The van der Waals surface area contributed by atoms with Crippen LogP contribution >= 0.6 is 11.3 Å². The van der Waals surface area contributed by atoms with Gasteiger partial charge in [-0.1, -0.05) is 59.4 Å². The van der Waals surface area contributed by atoms with Crippen LogP contribution in [-0.2, 0) is 6.54 Å². The number of benzene rings is 2.